The van der Waals surface area contributed by atoms with E-state index in [-0.39, 0.29) is 12.1 Å². The Morgan fingerprint density at radius 2 is 1.92 bits per heavy atom. The SMILES string of the molecule is CC(C)c1ccc2c(c1)C(N1CCCC1=O)CC(c1ccccc1)N2. The predicted molar refractivity (Wildman–Crippen MR) is 102 cm³/mol. The highest BCUT2D eigenvalue weighted by atomic mass is 16.2. The fourth-order valence-electron chi connectivity index (χ4n) is 4.14. The molecule has 1 fully saturated rings. The van der Waals surface area contributed by atoms with Gasteiger partial charge in [-0.2, -0.15) is 0 Å². The summed E-state index contributed by atoms with van der Waals surface area (Å²) in [5, 5.41) is 3.71. The first-order valence-corrected chi connectivity index (χ1v) is 9.38. The normalized spacial score (nSPS) is 22.8. The molecule has 1 amide bonds. The number of amides is 1. The van der Waals surface area contributed by atoms with Crippen molar-refractivity contribution in [1.29, 1.82) is 0 Å². The minimum atomic E-state index is 0.176. The molecule has 0 bridgehead atoms. The van der Waals surface area contributed by atoms with Crippen molar-refractivity contribution in [1.82, 2.24) is 4.90 Å². The molecule has 1 N–H and O–H groups in total. The minimum absolute atomic E-state index is 0.176. The van der Waals surface area contributed by atoms with Gasteiger partial charge in [-0.05, 0) is 41.5 Å². The number of fused-ring (bicyclic) bond motifs is 1. The minimum Gasteiger partial charge on any atom is -0.378 e. The maximum atomic E-state index is 12.5. The second-order valence-electron chi connectivity index (χ2n) is 7.55. The largest absolute Gasteiger partial charge is 0.378 e. The number of nitrogens with zero attached hydrogens (tertiary/aromatic N) is 1. The average molecular weight is 334 g/mol. The first-order valence-electron chi connectivity index (χ1n) is 9.38. The molecular weight excluding hydrogens is 308 g/mol. The Hall–Kier alpha value is -2.29. The van der Waals surface area contributed by atoms with Crippen LogP contribution in [-0.2, 0) is 4.79 Å². The quantitative estimate of drug-likeness (QED) is 0.854. The van der Waals surface area contributed by atoms with E-state index in [2.05, 4.69) is 72.6 Å². The third-order valence-electron chi connectivity index (χ3n) is 5.58. The number of anilines is 1. The third-order valence-corrected chi connectivity index (χ3v) is 5.58. The average Bonchev–Trinajstić information content (AvgIpc) is 3.06. The summed E-state index contributed by atoms with van der Waals surface area (Å²) in [6.45, 7) is 5.33. The maximum absolute atomic E-state index is 12.5. The van der Waals surface area contributed by atoms with Gasteiger partial charge in [0.15, 0.2) is 0 Å². The molecule has 0 aliphatic carbocycles. The molecule has 0 aromatic heterocycles. The van der Waals surface area contributed by atoms with Crippen molar-refractivity contribution in [2.75, 3.05) is 11.9 Å². The standard InChI is InChI=1S/C22H26N2O/c1-15(2)17-10-11-19-18(13-17)21(24-12-6-9-22(24)25)14-20(23-19)16-7-4-3-5-8-16/h3-5,7-8,10-11,13,15,20-21,23H,6,9,12,14H2,1-2H3. The lowest BCUT2D eigenvalue weighted by Crippen LogP contribution is -2.35. The van der Waals surface area contributed by atoms with Crippen LogP contribution in [0.15, 0.2) is 48.5 Å². The van der Waals surface area contributed by atoms with Crippen LogP contribution in [0.1, 0.15) is 67.8 Å². The van der Waals surface area contributed by atoms with Gasteiger partial charge in [0.05, 0.1) is 12.1 Å². The van der Waals surface area contributed by atoms with Gasteiger partial charge < -0.3 is 10.2 Å². The predicted octanol–water partition coefficient (Wildman–Crippen LogP) is 5.03. The molecule has 0 radical (unpaired) electrons. The molecule has 1 saturated heterocycles. The van der Waals surface area contributed by atoms with Crippen molar-refractivity contribution in [2.24, 2.45) is 0 Å². The van der Waals surface area contributed by atoms with Crippen LogP contribution in [0.3, 0.4) is 0 Å². The zero-order valence-electron chi connectivity index (χ0n) is 15.0. The highest BCUT2D eigenvalue weighted by molar-refractivity contribution is 5.79. The lowest BCUT2D eigenvalue weighted by atomic mass is 9.86. The van der Waals surface area contributed by atoms with Crippen molar-refractivity contribution < 1.29 is 4.79 Å². The molecule has 2 heterocycles. The van der Waals surface area contributed by atoms with Crippen molar-refractivity contribution in [3.8, 4) is 0 Å². The van der Waals surface area contributed by atoms with Gasteiger partial charge in [0.25, 0.3) is 0 Å². The number of carbonyl (C=O) groups excluding carboxylic acids is 1. The first-order chi connectivity index (χ1) is 12.1. The van der Waals surface area contributed by atoms with Crippen LogP contribution >= 0.6 is 0 Å². The third kappa shape index (κ3) is 3.04. The molecule has 4 rings (SSSR count). The molecule has 3 heteroatoms. The van der Waals surface area contributed by atoms with Crippen LogP contribution in [-0.4, -0.2) is 17.4 Å². The Bertz CT molecular complexity index is 769. The lowest BCUT2D eigenvalue weighted by Gasteiger charge is -2.38. The van der Waals surface area contributed by atoms with E-state index in [9.17, 15) is 4.79 Å². The van der Waals surface area contributed by atoms with Crippen LogP contribution in [0, 0.1) is 0 Å². The Kier molecular flexibility index (Phi) is 4.24. The fourth-order valence-corrected chi connectivity index (χ4v) is 4.14. The van der Waals surface area contributed by atoms with Crippen molar-refractivity contribution in [3.63, 3.8) is 0 Å². The molecular formula is C22H26N2O. The Morgan fingerprint density at radius 3 is 2.60 bits per heavy atom. The number of rotatable bonds is 3. The highest BCUT2D eigenvalue weighted by Crippen LogP contribution is 2.44. The van der Waals surface area contributed by atoms with Gasteiger partial charge in [-0.25, -0.2) is 0 Å². The second kappa shape index (κ2) is 6.55. The van der Waals surface area contributed by atoms with Crippen molar-refractivity contribution >= 4 is 11.6 Å². The number of carbonyl (C=O) groups is 1. The summed E-state index contributed by atoms with van der Waals surface area (Å²) in [5.74, 6) is 0.798. The summed E-state index contributed by atoms with van der Waals surface area (Å²) >= 11 is 0. The maximum Gasteiger partial charge on any atom is 0.223 e. The van der Waals surface area contributed by atoms with Gasteiger partial charge in [-0.3, -0.25) is 4.79 Å². The van der Waals surface area contributed by atoms with Crippen molar-refractivity contribution in [2.45, 2.75) is 51.1 Å². The van der Waals surface area contributed by atoms with E-state index < -0.39 is 0 Å². The van der Waals surface area contributed by atoms with E-state index in [0.29, 0.717) is 18.2 Å². The van der Waals surface area contributed by atoms with Gasteiger partial charge >= 0.3 is 0 Å². The summed E-state index contributed by atoms with van der Waals surface area (Å²) in [5.41, 5.74) is 5.09. The van der Waals surface area contributed by atoms with Gasteiger partial charge in [-0.1, -0.05) is 56.3 Å². The van der Waals surface area contributed by atoms with Gasteiger partial charge in [-0.15, -0.1) is 0 Å². The van der Waals surface area contributed by atoms with Gasteiger partial charge in [0, 0.05) is 18.7 Å². The van der Waals surface area contributed by atoms with E-state index in [1.165, 1.54) is 22.4 Å². The smallest absolute Gasteiger partial charge is 0.223 e. The van der Waals surface area contributed by atoms with Gasteiger partial charge in [0.1, 0.15) is 0 Å². The number of hydrogen-bond acceptors (Lipinski definition) is 2. The summed E-state index contributed by atoms with van der Waals surface area (Å²) in [4.78, 5) is 14.6. The number of nitrogens with one attached hydrogen (secondary N) is 1. The lowest BCUT2D eigenvalue weighted by molar-refractivity contribution is -0.130. The molecule has 130 valence electrons. The molecule has 2 aliphatic rings. The van der Waals surface area contributed by atoms with E-state index in [1.54, 1.807) is 0 Å². The van der Waals surface area contributed by atoms with Crippen LogP contribution in [0.4, 0.5) is 5.69 Å². The van der Waals surface area contributed by atoms with Crippen molar-refractivity contribution in [3.05, 3.63) is 65.2 Å². The topological polar surface area (TPSA) is 32.3 Å². The number of likely N-dealkylation sites (tertiary alicyclic amines) is 1. The molecule has 2 aromatic rings. The van der Waals surface area contributed by atoms with Gasteiger partial charge in [0.2, 0.25) is 5.91 Å². The Labute approximate surface area is 150 Å². The van der Waals surface area contributed by atoms with Crippen LogP contribution in [0.2, 0.25) is 0 Å². The number of hydrogen-bond donors (Lipinski definition) is 1. The molecule has 3 nitrogen and oxygen atoms in total. The summed E-state index contributed by atoms with van der Waals surface area (Å²) < 4.78 is 0. The summed E-state index contributed by atoms with van der Waals surface area (Å²) in [6, 6.07) is 17.7. The molecule has 2 unspecified atom stereocenters. The zero-order valence-corrected chi connectivity index (χ0v) is 15.0. The van der Waals surface area contributed by atoms with E-state index in [4.69, 9.17) is 0 Å². The Balaban J connectivity index is 1.75. The second-order valence-corrected chi connectivity index (χ2v) is 7.55. The first kappa shape index (κ1) is 16.2. The molecule has 2 aromatic carbocycles. The molecule has 25 heavy (non-hydrogen) atoms. The summed E-state index contributed by atoms with van der Waals surface area (Å²) in [6.07, 6.45) is 2.61. The molecule has 0 spiro atoms. The van der Waals surface area contributed by atoms with E-state index in [0.717, 1.165) is 19.4 Å². The Morgan fingerprint density at radius 1 is 1.12 bits per heavy atom. The number of benzene rings is 2. The highest BCUT2D eigenvalue weighted by Gasteiger charge is 2.35. The molecule has 2 atom stereocenters. The summed E-state index contributed by atoms with van der Waals surface area (Å²) in [7, 11) is 0. The fraction of sp³-hybridized carbons (Fsp3) is 0.409. The van der Waals surface area contributed by atoms with E-state index in [1.807, 2.05) is 0 Å². The van der Waals surface area contributed by atoms with Crippen LogP contribution < -0.4 is 5.32 Å². The molecule has 2 aliphatic heterocycles. The monoisotopic (exact) mass is 334 g/mol. The van der Waals surface area contributed by atoms with Crippen LogP contribution in [0.5, 0.6) is 0 Å². The zero-order chi connectivity index (χ0) is 17.4. The van der Waals surface area contributed by atoms with Crippen LogP contribution in [0.25, 0.3) is 0 Å². The molecule has 0 saturated carbocycles. The van der Waals surface area contributed by atoms with E-state index >= 15 is 0 Å².